The Hall–Kier alpha value is -1.43. The molecule has 0 spiro atoms. The van der Waals surface area contributed by atoms with Gasteiger partial charge in [0.15, 0.2) is 0 Å². The summed E-state index contributed by atoms with van der Waals surface area (Å²) in [6.45, 7) is 3.67. The van der Waals surface area contributed by atoms with Gasteiger partial charge in [-0.15, -0.1) is 0 Å². The van der Waals surface area contributed by atoms with E-state index in [9.17, 15) is 0 Å². The molecule has 0 atom stereocenters. The first-order valence-corrected chi connectivity index (χ1v) is 4.54. The summed E-state index contributed by atoms with van der Waals surface area (Å²) in [6, 6.07) is 0. The standard InChI is InChI=1S/C7H8N4OS/c1-4(10-12)6-5(2)11-7(13-6)8-3-9-11/h3,12H,1-2H3/b10-4-. The highest BCUT2D eigenvalue weighted by Gasteiger charge is 2.12. The van der Waals surface area contributed by atoms with Crippen molar-refractivity contribution < 1.29 is 5.21 Å². The second kappa shape index (κ2) is 2.81. The summed E-state index contributed by atoms with van der Waals surface area (Å²) >= 11 is 1.46. The third-order valence-electron chi connectivity index (χ3n) is 1.83. The van der Waals surface area contributed by atoms with Gasteiger partial charge in [0.05, 0.1) is 16.3 Å². The molecule has 0 saturated carbocycles. The fourth-order valence-electron chi connectivity index (χ4n) is 1.17. The normalized spacial score (nSPS) is 12.6. The Morgan fingerprint density at radius 3 is 3.08 bits per heavy atom. The molecule has 0 aromatic carbocycles. The molecule has 0 amide bonds. The lowest BCUT2D eigenvalue weighted by Crippen LogP contribution is -1.96. The molecule has 2 aromatic heterocycles. The van der Waals surface area contributed by atoms with Crippen LogP contribution in [0.2, 0.25) is 0 Å². The molecule has 0 saturated heterocycles. The van der Waals surface area contributed by atoms with Crippen LogP contribution >= 0.6 is 11.3 Å². The Balaban J connectivity index is 2.71. The molecule has 0 fully saturated rings. The maximum atomic E-state index is 8.62. The number of thiazole rings is 1. The highest BCUT2D eigenvalue weighted by molar-refractivity contribution is 7.19. The van der Waals surface area contributed by atoms with Gasteiger partial charge in [-0.25, -0.2) is 9.50 Å². The quantitative estimate of drug-likeness (QED) is 0.425. The summed E-state index contributed by atoms with van der Waals surface area (Å²) in [6.07, 6.45) is 1.51. The SMILES string of the molecule is C/C(=N/O)c1sc2ncnn2c1C. The summed E-state index contributed by atoms with van der Waals surface area (Å²) in [7, 11) is 0. The van der Waals surface area contributed by atoms with Gasteiger partial charge in [0.25, 0.3) is 0 Å². The number of rotatable bonds is 1. The van der Waals surface area contributed by atoms with E-state index in [1.165, 1.54) is 17.7 Å². The molecule has 0 aliphatic heterocycles. The van der Waals surface area contributed by atoms with E-state index in [1.807, 2.05) is 6.92 Å². The summed E-state index contributed by atoms with van der Waals surface area (Å²) < 4.78 is 1.73. The molecule has 2 aromatic rings. The molecule has 0 aliphatic carbocycles. The number of fused-ring (bicyclic) bond motifs is 1. The largest absolute Gasteiger partial charge is 0.411 e. The number of aromatic nitrogens is 3. The molecule has 13 heavy (non-hydrogen) atoms. The maximum Gasteiger partial charge on any atom is 0.212 e. The topological polar surface area (TPSA) is 62.8 Å². The Bertz CT molecular complexity index is 470. The van der Waals surface area contributed by atoms with Gasteiger partial charge in [-0.1, -0.05) is 16.5 Å². The van der Waals surface area contributed by atoms with Crippen LogP contribution in [0.5, 0.6) is 0 Å². The van der Waals surface area contributed by atoms with Gasteiger partial charge < -0.3 is 5.21 Å². The second-order valence-corrected chi connectivity index (χ2v) is 3.63. The van der Waals surface area contributed by atoms with Gasteiger partial charge >= 0.3 is 0 Å². The Morgan fingerprint density at radius 2 is 2.46 bits per heavy atom. The van der Waals surface area contributed by atoms with Gasteiger partial charge in [0, 0.05) is 0 Å². The Labute approximate surface area is 78.3 Å². The number of hydrogen-bond donors (Lipinski definition) is 1. The molecule has 0 bridgehead atoms. The summed E-state index contributed by atoms with van der Waals surface area (Å²) in [4.78, 5) is 5.78. The predicted octanol–water partition coefficient (Wildman–Crippen LogP) is 1.30. The van der Waals surface area contributed by atoms with E-state index >= 15 is 0 Å². The highest BCUT2D eigenvalue weighted by Crippen LogP contribution is 2.20. The zero-order valence-corrected chi connectivity index (χ0v) is 8.04. The van der Waals surface area contributed by atoms with Crippen molar-refractivity contribution in [3.8, 4) is 0 Å². The van der Waals surface area contributed by atoms with Gasteiger partial charge in [-0.3, -0.25) is 0 Å². The molecule has 5 nitrogen and oxygen atoms in total. The minimum atomic E-state index is 0.592. The van der Waals surface area contributed by atoms with E-state index in [0.29, 0.717) is 5.71 Å². The number of nitrogens with zero attached hydrogens (tertiary/aromatic N) is 4. The van der Waals surface area contributed by atoms with Crippen LogP contribution in [-0.2, 0) is 0 Å². The molecule has 0 aliphatic rings. The van der Waals surface area contributed by atoms with Gasteiger partial charge in [-0.2, -0.15) is 5.10 Å². The van der Waals surface area contributed by atoms with E-state index < -0.39 is 0 Å². The monoisotopic (exact) mass is 196 g/mol. The van der Waals surface area contributed by atoms with Crippen molar-refractivity contribution in [2.45, 2.75) is 13.8 Å². The lowest BCUT2D eigenvalue weighted by Gasteiger charge is -1.93. The molecule has 0 radical (unpaired) electrons. The lowest BCUT2D eigenvalue weighted by atomic mass is 10.3. The van der Waals surface area contributed by atoms with Gasteiger partial charge in [0.1, 0.15) is 6.33 Å². The Kier molecular flexibility index (Phi) is 1.77. The van der Waals surface area contributed by atoms with Crippen LogP contribution in [0.15, 0.2) is 11.5 Å². The summed E-state index contributed by atoms with van der Waals surface area (Å²) in [5.74, 6) is 0. The minimum Gasteiger partial charge on any atom is -0.411 e. The van der Waals surface area contributed by atoms with Gasteiger partial charge in [0.2, 0.25) is 4.96 Å². The van der Waals surface area contributed by atoms with E-state index in [1.54, 1.807) is 11.4 Å². The van der Waals surface area contributed by atoms with Crippen molar-refractivity contribution in [1.82, 2.24) is 14.6 Å². The first-order chi connectivity index (χ1) is 6.24. The summed E-state index contributed by atoms with van der Waals surface area (Å²) in [5.41, 5.74) is 1.54. The molecule has 68 valence electrons. The first-order valence-electron chi connectivity index (χ1n) is 3.72. The Morgan fingerprint density at radius 1 is 1.69 bits per heavy atom. The van der Waals surface area contributed by atoms with Crippen molar-refractivity contribution in [3.63, 3.8) is 0 Å². The molecule has 2 heterocycles. The number of hydrogen-bond acceptors (Lipinski definition) is 5. The first kappa shape index (κ1) is 8.18. The summed E-state index contributed by atoms with van der Waals surface area (Å²) in [5, 5.41) is 15.8. The number of oxime groups is 1. The van der Waals surface area contributed by atoms with Crippen molar-refractivity contribution in [2.75, 3.05) is 0 Å². The fraction of sp³-hybridized carbons (Fsp3) is 0.286. The van der Waals surface area contributed by atoms with Crippen LogP contribution in [0.1, 0.15) is 17.5 Å². The average Bonchev–Trinajstić information content (AvgIpc) is 2.68. The zero-order chi connectivity index (χ0) is 9.42. The predicted molar refractivity (Wildman–Crippen MR) is 49.6 cm³/mol. The van der Waals surface area contributed by atoms with Crippen molar-refractivity contribution in [3.05, 3.63) is 16.9 Å². The van der Waals surface area contributed by atoms with E-state index in [-0.39, 0.29) is 0 Å². The average molecular weight is 196 g/mol. The molecule has 6 heteroatoms. The number of aryl methyl sites for hydroxylation is 1. The van der Waals surface area contributed by atoms with Crippen molar-refractivity contribution in [1.29, 1.82) is 0 Å². The van der Waals surface area contributed by atoms with Crippen molar-refractivity contribution in [2.24, 2.45) is 5.16 Å². The van der Waals surface area contributed by atoms with Crippen LogP contribution in [-0.4, -0.2) is 25.5 Å². The van der Waals surface area contributed by atoms with Crippen LogP contribution in [0.4, 0.5) is 0 Å². The lowest BCUT2D eigenvalue weighted by molar-refractivity contribution is 0.319. The van der Waals surface area contributed by atoms with E-state index in [4.69, 9.17) is 5.21 Å². The molecule has 2 rings (SSSR count). The van der Waals surface area contributed by atoms with E-state index in [2.05, 4.69) is 15.2 Å². The molecule has 1 N–H and O–H groups in total. The van der Waals surface area contributed by atoms with Gasteiger partial charge in [-0.05, 0) is 13.8 Å². The minimum absolute atomic E-state index is 0.592. The van der Waals surface area contributed by atoms with Crippen molar-refractivity contribution >= 4 is 22.0 Å². The smallest absolute Gasteiger partial charge is 0.212 e. The zero-order valence-electron chi connectivity index (χ0n) is 7.22. The molecular weight excluding hydrogens is 188 g/mol. The third kappa shape index (κ3) is 1.10. The fourth-order valence-corrected chi connectivity index (χ4v) is 2.15. The van der Waals surface area contributed by atoms with Crippen LogP contribution in [0.25, 0.3) is 4.96 Å². The van der Waals surface area contributed by atoms with Crippen LogP contribution < -0.4 is 0 Å². The maximum absolute atomic E-state index is 8.62. The second-order valence-electron chi connectivity index (χ2n) is 2.66. The molecular formula is C7H8N4OS. The third-order valence-corrected chi connectivity index (χ3v) is 3.09. The van der Waals surface area contributed by atoms with E-state index in [0.717, 1.165) is 15.5 Å². The molecule has 0 unspecified atom stereocenters. The van der Waals surface area contributed by atoms with Crippen LogP contribution in [0.3, 0.4) is 0 Å². The van der Waals surface area contributed by atoms with Crippen LogP contribution in [0, 0.1) is 6.92 Å². The highest BCUT2D eigenvalue weighted by atomic mass is 32.1.